The largest absolute Gasteiger partial charge is 0.497 e. The Morgan fingerprint density at radius 1 is 1.06 bits per heavy atom. The number of fused-ring (bicyclic) bond motifs is 1. The number of nitrogens with one attached hydrogen (secondary N) is 2. The Balaban J connectivity index is 1.61. The molecule has 0 saturated carbocycles. The van der Waals surface area contributed by atoms with E-state index in [1.54, 1.807) is 56.5 Å². The number of anilines is 2. The Morgan fingerprint density at radius 2 is 1.72 bits per heavy atom. The van der Waals surface area contributed by atoms with E-state index in [0.29, 0.717) is 42.3 Å². The van der Waals surface area contributed by atoms with Crippen molar-refractivity contribution in [3.63, 3.8) is 0 Å². The fraction of sp³-hybridized carbons (Fsp3) is 0.444. The van der Waals surface area contributed by atoms with E-state index in [0.717, 1.165) is 18.6 Å². The molecule has 1 aliphatic heterocycles. The molecular weight excluding hydrogens is 667 g/mol. The number of methoxy groups -OCH3 is 1. The zero-order valence-corrected chi connectivity index (χ0v) is 29.9. The van der Waals surface area contributed by atoms with Crippen LogP contribution in [0.4, 0.5) is 20.6 Å². The zero-order valence-electron chi connectivity index (χ0n) is 29.1. The first kappa shape index (κ1) is 38.6. The average Bonchev–Trinajstić information content (AvgIpc) is 3.09. The second kappa shape index (κ2) is 17.6. The normalized spacial score (nSPS) is 19.9. The number of amides is 3. The number of halogens is 1. The number of aliphatic hydroxyl groups is 1. The third-order valence-corrected chi connectivity index (χ3v) is 10.5. The predicted molar refractivity (Wildman–Crippen MR) is 189 cm³/mol. The molecule has 50 heavy (non-hydrogen) atoms. The number of ether oxygens (including phenoxy) is 3. The lowest BCUT2D eigenvalue weighted by Crippen LogP contribution is -2.48. The molecule has 0 bridgehead atoms. The van der Waals surface area contributed by atoms with Gasteiger partial charge in [0.2, 0.25) is 10.0 Å². The monoisotopic (exact) mass is 714 g/mol. The van der Waals surface area contributed by atoms with Crippen LogP contribution in [0.15, 0.2) is 71.6 Å². The van der Waals surface area contributed by atoms with Crippen molar-refractivity contribution in [2.75, 3.05) is 51.1 Å². The molecule has 4 rings (SSSR count). The van der Waals surface area contributed by atoms with Crippen LogP contribution in [0.25, 0.3) is 0 Å². The highest BCUT2D eigenvalue weighted by atomic mass is 32.2. The summed E-state index contributed by atoms with van der Waals surface area (Å²) in [5, 5.41) is 15.7. The van der Waals surface area contributed by atoms with Crippen LogP contribution >= 0.6 is 0 Å². The van der Waals surface area contributed by atoms with Crippen LogP contribution in [-0.2, 0) is 14.8 Å². The summed E-state index contributed by atoms with van der Waals surface area (Å²) in [5.74, 6) is -0.393. The van der Waals surface area contributed by atoms with Gasteiger partial charge in [0, 0.05) is 44.0 Å². The van der Waals surface area contributed by atoms with Gasteiger partial charge in [0.05, 0.1) is 42.4 Å². The molecule has 0 aromatic heterocycles. The van der Waals surface area contributed by atoms with Crippen molar-refractivity contribution in [1.29, 1.82) is 0 Å². The second-order valence-electron chi connectivity index (χ2n) is 12.6. The van der Waals surface area contributed by atoms with Crippen molar-refractivity contribution >= 4 is 33.3 Å². The van der Waals surface area contributed by atoms with Crippen LogP contribution in [-0.4, -0.2) is 93.4 Å². The number of hydrogen-bond acceptors (Lipinski definition) is 8. The lowest BCUT2D eigenvalue weighted by atomic mass is 10.0. The predicted octanol–water partition coefficient (Wildman–Crippen LogP) is 5.59. The summed E-state index contributed by atoms with van der Waals surface area (Å²) in [6.45, 7) is 5.59. The highest BCUT2D eigenvalue weighted by Crippen LogP contribution is 2.29. The molecule has 14 heteroatoms. The van der Waals surface area contributed by atoms with Crippen molar-refractivity contribution in [3.8, 4) is 11.5 Å². The summed E-state index contributed by atoms with van der Waals surface area (Å²) in [7, 11) is -0.976. The van der Waals surface area contributed by atoms with E-state index < -0.39 is 39.9 Å². The average molecular weight is 715 g/mol. The van der Waals surface area contributed by atoms with Gasteiger partial charge in [-0.15, -0.1) is 0 Å². The summed E-state index contributed by atoms with van der Waals surface area (Å²) in [4.78, 5) is 28.7. The quantitative estimate of drug-likeness (QED) is 0.260. The SMILES string of the molecule is COc1ccc(NC(=O)Nc2ccc3c(c2)C(=O)N([C@H](C)CO)C[C@H](C)[C@@H](CN(C)S(=O)(=O)c2ccc(F)cc2)OCCCC[C@@H](C)O3)cc1. The molecule has 0 unspecified atom stereocenters. The molecule has 3 N–H and O–H groups in total. The number of carbonyl (C=O) groups excluding carboxylic acids is 2. The minimum atomic E-state index is -3.97. The summed E-state index contributed by atoms with van der Waals surface area (Å²) in [5.41, 5.74) is 1.08. The van der Waals surface area contributed by atoms with Crippen molar-refractivity contribution in [2.24, 2.45) is 5.92 Å². The summed E-state index contributed by atoms with van der Waals surface area (Å²) >= 11 is 0. The molecule has 1 aliphatic rings. The minimum Gasteiger partial charge on any atom is -0.497 e. The smallest absolute Gasteiger partial charge is 0.323 e. The Kier molecular flexibility index (Phi) is 13.6. The first-order valence-electron chi connectivity index (χ1n) is 16.6. The third-order valence-electron chi connectivity index (χ3n) is 8.62. The van der Waals surface area contributed by atoms with E-state index in [4.69, 9.17) is 14.2 Å². The number of hydrogen-bond donors (Lipinski definition) is 3. The third kappa shape index (κ3) is 10.2. The van der Waals surface area contributed by atoms with Crippen LogP contribution in [0.3, 0.4) is 0 Å². The van der Waals surface area contributed by atoms with E-state index in [1.165, 1.54) is 28.4 Å². The fourth-order valence-electron chi connectivity index (χ4n) is 5.57. The number of carbonyl (C=O) groups is 2. The van der Waals surface area contributed by atoms with Gasteiger partial charge in [-0.1, -0.05) is 6.92 Å². The summed E-state index contributed by atoms with van der Waals surface area (Å²) in [6, 6.07) is 15.1. The number of likely N-dealkylation sites (N-methyl/N-ethyl adjacent to an activating group) is 1. The highest BCUT2D eigenvalue weighted by Gasteiger charge is 2.32. The molecule has 4 atom stereocenters. The van der Waals surface area contributed by atoms with Crippen LogP contribution in [0.2, 0.25) is 0 Å². The molecule has 0 saturated heterocycles. The van der Waals surface area contributed by atoms with Gasteiger partial charge in [0.25, 0.3) is 5.91 Å². The molecule has 0 fully saturated rings. The standard InChI is InChI=1S/C36H47FN4O8S/c1-24-21-41(25(2)23-42)35(43)32-20-29(39-36(44)38-28-11-14-30(47-5)15-12-28)13-18-33(32)49-26(3)8-6-7-19-48-34(24)22-40(4)50(45,46)31-16-9-27(37)10-17-31/h9-18,20,24-26,34,42H,6-8,19,21-23H2,1-5H3,(H2,38,39,44)/t24-,25+,26+,34+/m0/s1. The van der Waals surface area contributed by atoms with Crippen molar-refractivity contribution in [2.45, 2.75) is 63.2 Å². The molecule has 272 valence electrons. The maximum Gasteiger partial charge on any atom is 0.323 e. The molecule has 0 radical (unpaired) electrons. The zero-order chi connectivity index (χ0) is 36.4. The van der Waals surface area contributed by atoms with E-state index >= 15 is 0 Å². The number of benzene rings is 3. The molecule has 1 heterocycles. The number of urea groups is 1. The number of sulfonamides is 1. The Bertz CT molecular complexity index is 1690. The molecule has 3 aromatic carbocycles. The van der Waals surface area contributed by atoms with Crippen molar-refractivity contribution < 1.29 is 41.7 Å². The Morgan fingerprint density at radius 3 is 2.38 bits per heavy atom. The lowest BCUT2D eigenvalue weighted by Gasteiger charge is -2.35. The van der Waals surface area contributed by atoms with E-state index in [1.807, 2.05) is 13.8 Å². The lowest BCUT2D eigenvalue weighted by molar-refractivity contribution is -0.00834. The Labute approximate surface area is 293 Å². The molecule has 0 spiro atoms. The van der Waals surface area contributed by atoms with Gasteiger partial charge in [0.1, 0.15) is 17.3 Å². The van der Waals surface area contributed by atoms with Gasteiger partial charge in [-0.3, -0.25) is 4.79 Å². The molecular formula is C36H47FN4O8S. The van der Waals surface area contributed by atoms with E-state index in [2.05, 4.69) is 10.6 Å². The number of aliphatic hydroxyl groups excluding tert-OH is 1. The van der Waals surface area contributed by atoms with Crippen LogP contribution in [0.5, 0.6) is 11.5 Å². The maximum atomic E-state index is 14.4. The van der Waals surface area contributed by atoms with Gasteiger partial charge in [-0.05, 0) is 99.8 Å². The van der Waals surface area contributed by atoms with E-state index in [-0.39, 0.29) is 42.2 Å². The van der Waals surface area contributed by atoms with Gasteiger partial charge >= 0.3 is 6.03 Å². The molecule has 12 nitrogen and oxygen atoms in total. The highest BCUT2D eigenvalue weighted by molar-refractivity contribution is 7.89. The summed E-state index contributed by atoms with van der Waals surface area (Å²) < 4.78 is 59.1. The van der Waals surface area contributed by atoms with E-state index in [9.17, 15) is 27.5 Å². The second-order valence-corrected chi connectivity index (χ2v) is 14.6. The summed E-state index contributed by atoms with van der Waals surface area (Å²) in [6.07, 6.45) is 1.24. The van der Waals surface area contributed by atoms with Crippen molar-refractivity contribution in [3.05, 3.63) is 78.1 Å². The van der Waals surface area contributed by atoms with Crippen LogP contribution in [0, 0.1) is 11.7 Å². The molecule has 0 aliphatic carbocycles. The first-order valence-corrected chi connectivity index (χ1v) is 18.0. The van der Waals surface area contributed by atoms with Crippen LogP contribution in [0.1, 0.15) is 50.4 Å². The van der Waals surface area contributed by atoms with Gasteiger partial charge in [-0.2, -0.15) is 4.31 Å². The van der Waals surface area contributed by atoms with Gasteiger partial charge in [-0.25, -0.2) is 17.6 Å². The molecule has 3 aromatic rings. The topological polar surface area (TPSA) is 147 Å². The van der Waals surface area contributed by atoms with Crippen LogP contribution < -0.4 is 20.1 Å². The maximum absolute atomic E-state index is 14.4. The Hall–Kier alpha value is -4.24. The first-order chi connectivity index (χ1) is 23.8. The number of rotatable bonds is 9. The fourth-order valence-corrected chi connectivity index (χ4v) is 6.75. The number of nitrogens with zero attached hydrogens (tertiary/aromatic N) is 2. The minimum absolute atomic E-state index is 0.0239. The molecule has 3 amide bonds. The van der Waals surface area contributed by atoms with Gasteiger partial charge in [0.15, 0.2) is 0 Å². The van der Waals surface area contributed by atoms with Crippen molar-refractivity contribution in [1.82, 2.24) is 9.21 Å². The van der Waals surface area contributed by atoms with Gasteiger partial charge < -0.3 is 34.9 Å².